The first-order valence-electron chi connectivity index (χ1n) is 8.38. The summed E-state index contributed by atoms with van der Waals surface area (Å²) < 4.78 is 0. The number of amides is 2. The predicted molar refractivity (Wildman–Crippen MR) is 107 cm³/mol. The molecule has 0 unspecified atom stereocenters. The molecule has 7 heteroatoms. The van der Waals surface area contributed by atoms with Gasteiger partial charge in [0.05, 0.1) is 23.8 Å². The predicted octanol–water partition coefficient (Wildman–Crippen LogP) is 3.43. The van der Waals surface area contributed by atoms with E-state index in [1.807, 2.05) is 23.6 Å². The van der Waals surface area contributed by atoms with Crippen LogP contribution in [0, 0.1) is 0 Å². The number of carbonyl (C=O) groups excluding carboxylic acids is 2. The van der Waals surface area contributed by atoms with Gasteiger partial charge >= 0.3 is 0 Å². The van der Waals surface area contributed by atoms with Crippen molar-refractivity contribution in [3.05, 3.63) is 86.8 Å². The van der Waals surface area contributed by atoms with Crippen LogP contribution in [0.5, 0.6) is 0 Å². The highest BCUT2D eigenvalue weighted by Gasteiger charge is 2.09. The molecular weight excluding hydrogens is 382 g/mol. The Morgan fingerprint density at radius 1 is 1.00 bits per heavy atom. The normalized spacial score (nSPS) is 10.4. The molecule has 1 heterocycles. The highest BCUT2D eigenvalue weighted by molar-refractivity contribution is 7.09. The van der Waals surface area contributed by atoms with E-state index in [4.69, 9.17) is 11.6 Å². The van der Waals surface area contributed by atoms with Crippen LogP contribution in [0.4, 0.5) is 0 Å². The Bertz CT molecular complexity index is 910. The molecule has 0 fully saturated rings. The Balaban J connectivity index is 1.42. The van der Waals surface area contributed by atoms with Crippen molar-refractivity contribution < 1.29 is 9.59 Å². The third-order valence-electron chi connectivity index (χ3n) is 3.78. The maximum Gasteiger partial charge on any atom is 0.251 e. The summed E-state index contributed by atoms with van der Waals surface area (Å²) in [6.45, 7) is 0.239. The first-order valence-corrected chi connectivity index (χ1v) is 9.63. The molecule has 2 aromatic carbocycles. The summed E-state index contributed by atoms with van der Waals surface area (Å²) in [5.74, 6) is -0.587. The third kappa shape index (κ3) is 5.91. The molecule has 0 atom stereocenters. The van der Waals surface area contributed by atoms with Gasteiger partial charge in [-0.05, 0) is 29.8 Å². The van der Waals surface area contributed by atoms with Crippen LogP contribution in [0.3, 0.4) is 0 Å². The van der Waals surface area contributed by atoms with Crippen LogP contribution in [-0.4, -0.2) is 23.3 Å². The van der Waals surface area contributed by atoms with E-state index in [-0.39, 0.29) is 18.4 Å². The monoisotopic (exact) mass is 399 g/mol. The van der Waals surface area contributed by atoms with E-state index in [2.05, 4.69) is 27.8 Å². The van der Waals surface area contributed by atoms with Crippen LogP contribution < -0.4 is 10.6 Å². The Morgan fingerprint density at radius 3 is 2.48 bits per heavy atom. The standard InChI is InChI=1S/C20H18ClN3O2S/c21-16-8-6-15(7-9-16)20(26)23-12-18(25)22-11-17-13-27-19(24-17)10-14-4-2-1-3-5-14/h1-9,13H,10-12H2,(H,22,25)(H,23,26). The number of nitrogens with one attached hydrogen (secondary N) is 2. The van der Waals surface area contributed by atoms with Crippen molar-refractivity contribution in [2.45, 2.75) is 13.0 Å². The molecule has 0 spiro atoms. The first-order chi connectivity index (χ1) is 13.1. The number of hydrogen-bond donors (Lipinski definition) is 2. The summed E-state index contributed by atoms with van der Waals surface area (Å²) in [6.07, 6.45) is 0.774. The second-order valence-corrected chi connectivity index (χ2v) is 7.24. The lowest BCUT2D eigenvalue weighted by Gasteiger charge is -2.06. The molecule has 1 aromatic heterocycles. The summed E-state index contributed by atoms with van der Waals surface area (Å²) in [7, 11) is 0. The zero-order valence-electron chi connectivity index (χ0n) is 14.4. The molecule has 0 aliphatic carbocycles. The number of hydrogen-bond acceptors (Lipinski definition) is 4. The lowest BCUT2D eigenvalue weighted by molar-refractivity contribution is -0.120. The number of halogens is 1. The van der Waals surface area contributed by atoms with Crippen LogP contribution >= 0.6 is 22.9 Å². The van der Waals surface area contributed by atoms with Crippen molar-refractivity contribution in [1.29, 1.82) is 0 Å². The lowest BCUT2D eigenvalue weighted by Crippen LogP contribution is -2.36. The molecule has 0 radical (unpaired) electrons. The number of nitrogens with zero attached hydrogens (tertiary/aromatic N) is 1. The molecule has 5 nitrogen and oxygen atoms in total. The molecule has 3 aromatic rings. The Kier molecular flexibility index (Phi) is 6.57. The van der Waals surface area contributed by atoms with E-state index in [0.717, 1.165) is 17.1 Å². The highest BCUT2D eigenvalue weighted by atomic mass is 35.5. The molecule has 0 aliphatic heterocycles. The zero-order valence-corrected chi connectivity index (χ0v) is 16.0. The van der Waals surface area contributed by atoms with Crippen LogP contribution in [0.15, 0.2) is 60.0 Å². The van der Waals surface area contributed by atoms with Gasteiger partial charge in [-0.15, -0.1) is 11.3 Å². The van der Waals surface area contributed by atoms with Gasteiger partial charge < -0.3 is 10.6 Å². The fourth-order valence-electron chi connectivity index (χ4n) is 2.40. The summed E-state index contributed by atoms with van der Waals surface area (Å²) in [4.78, 5) is 28.4. The fraction of sp³-hybridized carbons (Fsp3) is 0.150. The SMILES string of the molecule is O=C(CNC(=O)c1ccc(Cl)cc1)NCc1csc(Cc2ccccc2)n1. The fourth-order valence-corrected chi connectivity index (χ4v) is 3.35. The van der Waals surface area contributed by atoms with Crippen molar-refractivity contribution in [2.24, 2.45) is 0 Å². The van der Waals surface area contributed by atoms with Crippen LogP contribution in [0.1, 0.15) is 26.6 Å². The Hall–Kier alpha value is -2.70. The van der Waals surface area contributed by atoms with E-state index < -0.39 is 0 Å². The molecule has 0 aliphatic rings. The molecule has 27 heavy (non-hydrogen) atoms. The molecule has 2 N–H and O–H groups in total. The first kappa shape index (κ1) is 19.1. The summed E-state index contributed by atoms with van der Waals surface area (Å²) in [6, 6.07) is 16.6. The minimum absolute atomic E-state index is 0.0948. The second-order valence-electron chi connectivity index (χ2n) is 5.86. The average Bonchev–Trinajstić information content (AvgIpc) is 3.13. The van der Waals surface area contributed by atoms with E-state index in [1.54, 1.807) is 35.6 Å². The molecule has 138 valence electrons. The van der Waals surface area contributed by atoms with Crippen molar-refractivity contribution in [3.8, 4) is 0 Å². The van der Waals surface area contributed by atoms with E-state index in [9.17, 15) is 9.59 Å². The Labute approximate surface area is 166 Å². The second kappa shape index (κ2) is 9.30. The van der Waals surface area contributed by atoms with Gasteiger partial charge in [0.15, 0.2) is 0 Å². The number of thiazole rings is 1. The Morgan fingerprint density at radius 2 is 1.74 bits per heavy atom. The molecule has 3 rings (SSSR count). The maximum absolute atomic E-state index is 12.0. The number of benzene rings is 2. The molecular formula is C20H18ClN3O2S. The van der Waals surface area contributed by atoms with Gasteiger partial charge in [0.25, 0.3) is 5.91 Å². The van der Waals surface area contributed by atoms with Crippen LogP contribution in [-0.2, 0) is 17.8 Å². The van der Waals surface area contributed by atoms with Crippen LogP contribution in [0.2, 0.25) is 5.02 Å². The van der Waals surface area contributed by atoms with Gasteiger partial charge in [-0.25, -0.2) is 4.98 Å². The summed E-state index contributed by atoms with van der Waals surface area (Å²) in [5, 5.41) is 8.83. The largest absolute Gasteiger partial charge is 0.349 e. The van der Waals surface area contributed by atoms with Gasteiger partial charge in [-0.1, -0.05) is 41.9 Å². The van der Waals surface area contributed by atoms with E-state index in [1.165, 1.54) is 5.56 Å². The van der Waals surface area contributed by atoms with Gasteiger partial charge in [-0.2, -0.15) is 0 Å². The minimum atomic E-state index is -0.319. The van der Waals surface area contributed by atoms with Crippen molar-refractivity contribution in [3.63, 3.8) is 0 Å². The lowest BCUT2D eigenvalue weighted by atomic mass is 10.2. The van der Waals surface area contributed by atoms with Gasteiger partial charge in [0.1, 0.15) is 0 Å². The third-order valence-corrected chi connectivity index (χ3v) is 4.93. The number of aromatic nitrogens is 1. The van der Waals surface area contributed by atoms with Crippen LogP contribution in [0.25, 0.3) is 0 Å². The maximum atomic E-state index is 12.0. The number of rotatable bonds is 7. The highest BCUT2D eigenvalue weighted by Crippen LogP contribution is 2.14. The van der Waals surface area contributed by atoms with Gasteiger partial charge in [-0.3, -0.25) is 9.59 Å². The van der Waals surface area contributed by atoms with Crippen molar-refractivity contribution >= 4 is 34.8 Å². The van der Waals surface area contributed by atoms with Crippen molar-refractivity contribution in [1.82, 2.24) is 15.6 Å². The molecule has 0 saturated heterocycles. The average molecular weight is 400 g/mol. The summed E-state index contributed by atoms with van der Waals surface area (Å²) >= 11 is 7.36. The van der Waals surface area contributed by atoms with Gasteiger partial charge in [0.2, 0.25) is 5.91 Å². The molecule has 2 amide bonds. The molecule has 0 saturated carbocycles. The van der Waals surface area contributed by atoms with E-state index in [0.29, 0.717) is 17.1 Å². The minimum Gasteiger partial charge on any atom is -0.349 e. The number of carbonyl (C=O) groups is 2. The zero-order chi connectivity index (χ0) is 19.1. The topological polar surface area (TPSA) is 71.1 Å². The van der Waals surface area contributed by atoms with Crippen molar-refractivity contribution in [2.75, 3.05) is 6.54 Å². The quantitative estimate of drug-likeness (QED) is 0.639. The smallest absolute Gasteiger partial charge is 0.251 e. The summed E-state index contributed by atoms with van der Waals surface area (Å²) in [5.41, 5.74) is 2.47. The van der Waals surface area contributed by atoms with E-state index >= 15 is 0 Å². The molecule has 0 bridgehead atoms. The van der Waals surface area contributed by atoms with Gasteiger partial charge in [0, 0.05) is 22.4 Å².